The summed E-state index contributed by atoms with van der Waals surface area (Å²) in [5.74, 6) is 2.15. The molecule has 1 rings (SSSR count). The first kappa shape index (κ1) is 21.3. The Hall–Kier alpha value is -2.70. The molecule has 1 aromatic rings. The maximum Gasteiger partial charge on any atom is 0.202 e. The van der Waals surface area contributed by atoms with E-state index in [-0.39, 0.29) is 5.76 Å². The molecule has 0 bridgehead atoms. The van der Waals surface area contributed by atoms with Gasteiger partial charge in [-0.05, 0) is 31.9 Å². The highest BCUT2D eigenvalue weighted by molar-refractivity contribution is 5.95. The minimum atomic E-state index is 0.250. The zero-order valence-electron chi connectivity index (χ0n) is 16.5. The van der Waals surface area contributed by atoms with Crippen LogP contribution in [-0.2, 0) is 16.0 Å². The minimum Gasteiger partial charge on any atom is -0.493 e. The second-order valence-electron chi connectivity index (χ2n) is 5.26. The molecule has 0 spiro atoms. The summed E-state index contributed by atoms with van der Waals surface area (Å²) in [6, 6.07) is 3.82. The van der Waals surface area contributed by atoms with Crippen molar-refractivity contribution >= 4 is 17.9 Å². The summed E-state index contributed by atoms with van der Waals surface area (Å²) in [5.41, 5.74) is 1.92. The highest BCUT2D eigenvalue weighted by Crippen LogP contribution is 2.33. The molecule has 26 heavy (non-hydrogen) atoms. The lowest BCUT2D eigenvalue weighted by Gasteiger charge is -2.23. The highest BCUT2D eigenvalue weighted by Gasteiger charge is 2.14. The van der Waals surface area contributed by atoms with Gasteiger partial charge >= 0.3 is 0 Å². The summed E-state index contributed by atoms with van der Waals surface area (Å²) in [6.45, 7) is 6.89. The Morgan fingerprint density at radius 2 is 1.85 bits per heavy atom. The summed E-state index contributed by atoms with van der Waals surface area (Å²) in [6.07, 6.45) is 3.13. The van der Waals surface area contributed by atoms with Gasteiger partial charge in [0.2, 0.25) is 5.96 Å². The van der Waals surface area contributed by atoms with E-state index in [0.717, 1.165) is 17.7 Å². The Labute approximate surface area is 155 Å². The van der Waals surface area contributed by atoms with Gasteiger partial charge < -0.3 is 24.4 Å². The molecule has 1 N–H and O–H groups in total. The van der Waals surface area contributed by atoms with Crippen LogP contribution in [0.15, 0.2) is 29.1 Å². The van der Waals surface area contributed by atoms with Gasteiger partial charge in [0.25, 0.3) is 0 Å². The van der Waals surface area contributed by atoms with Crippen LogP contribution in [0.5, 0.6) is 11.5 Å². The second kappa shape index (κ2) is 11.0. The molecule has 0 aromatic heterocycles. The molecule has 7 heteroatoms. The van der Waals surface area contributed by atoms with Crippen molar-refractivity contribution in [3.8, 4) is 11.5 Å². The van der Waals surface area contributed by atoms with Crippen LogP contribution in [0.2, 0.25) is 0 Å². The molecule has 0 radical (unpaired) electrons. The Bertz CT molecular complexity index is 656. The topological polar surface area (TPSA) is 72.4 Å². The largest absolute Gasteiger partial charge is 0.493 e. The van der Waals surface area contributed by atoms with Crippen LogP contribution in [0.25, 0.3) is 0 Å². The molecule has 0 aliphatic rings. The first-order chi connectivity index (χ1) is 12.6. The van der Waals surface area contributed by atoms with E-state index in [4.69, 9.17) is 14.2 Å². The third kappa shape index (κ3) is 5.40. The highest BCUT2D eigenvalue weighted by atomic mass is 16.5. The molecule has 144 valence electrons. The van der Waals surface area contributed by atoms with Crippen LogP contribution < -0.4 is 14.8 Å². The molecule has 0 heterocycles. The van der Waals surface area contributed by atoms with Gasteiger partial charge in [0.05, 0.1) is 27.0 Å². The van der Waals surface area contributed by atoms with Crippen molar-refractivity contribution in [2.75, 3.05) is 39.7 Å². The predicted octanol–water partition coefficient (Wildman–Crippen LogP) is 3.06. The predicted molar refractivity (Wildman–Crippen MR) is 104 cm³/mol. The lowest BCUT2D eigenvalue weighted by molar-refractivity contribution is -0.107. The fraction of sp³-hybridized carbons (Fsp3) is 0.474. The first-order valence-electron chi connectivity index (χ1n) is 8.63. The Kier molecular flexibility index (Phi) is 9.05. The maximum atomic E-state index is 11.2. The zero-order chi connectivity index (χ0) is 19.5. The average molecular weight is 363 g/mol. The number of methoxy groups -OCH3 is 2. The number of hydrogen-bond acceptors (Lipinski definition) is 5. The zero-order valence-corrected chi connectivity index (χ0v) is 16.5. The van der Waals surface area contributed by atoms with Crippen molar-refractivity contribution in [3.05, 3.63) is 29.7 Å². The van der Waals surface area contributed by atoms with Gasteiger partial charge in [0.1, 0.15) is 0 Å². The normalized spacial score (nSPS) is 11.8. The number of nitrogens with zero attached hydrogens (tertiary/aromatic N) is 2. The van der Waals surface area contributed by atoms with Crippen molar-refractivity contribution in [2.24, 2.45) is 4.99 Å². The van der Waals surface area contributed by atoms with E-state index in [1.165, 1.54) is 0 Å². The number of nitrogens with one attached hydrogen (secondary N) is 1. The molecule has 0 aliphatic heterocycles. The van der Waals surface area contributed by atoms with E-state index in [2.05, 4.69) is 17.2 Å². The van der Waals surface area contributed by atoms with Crippen LogP contribution in [0, 0.1) is 0 Å². The van der Waals surface area contributed by atoms with E-state index in [1.54, 1.807) is 27.5 Å². The number of aryl methyl sites for hydroxylation is 1. The molecular formula is C19H29N3O4. The third-order valence-electron chi connectivity index (χ3n) is 3.77. The molecule has 0 amide bonds. The molecule has 0 aliphatic carbocycles. The lowest BCUT2D eigenvalue weighted by atomic mass is 10.1. The number of benzene rings is 1. The molecule has 0 unspecified atom stereocenters. The molecule has 0 saturated carbocycles. The van der Waals surface area contributed by atoms with E-state index in [0.29, 0.717) is 36.9 Å². The summed E-state index contributed by atoms with van der Waals surface area (Å²) in [5, 5.41) is 3.32. The molecular weight excluding hydrogens is 334 g/mol. The Balaban J connectivity index is 3.22. The summed E-state index contributed by atoms with van der Waals surface area (Å²) in [7, 11) is 4.90. The fourth-order valence-electron chi connectivity index (χ4n) is 2.43. The summed E-state index contributed by atoms with van der Waals surface area (Å²) in [4.78, 5) is 17.3. The molecule has 0 atom stereocenters. The molecule has 0 saturated heterocycles. The number of guanidine groups is 1. The monoisotopic (exact) mass is 363 g/mol. The van der Waals surface area contributed by atoms with Gasteiger partial charge in [-0.15, -0.1) is 0 Å². The van der Waals surface area contributed by atoms with E-state index >= 15 is 0 Å². The van der Waals surface area contributed by atoms with Crippen molar-refractivity contribution in [2.45, 2.75) is 27.2 Å². The van der Waals surface area contributed by atoms with Crippen molar-refractivity contribution in [1.29, 1.82) is 0 Å². The van der Waals surface area contributed by atoms with Crippen LogP contribution in [0.4, 0.5) is 5.69 Å². The van der Waals surface area contributed by atoms with Gasteiger partial charge in [-0.1, -0.05) is 6.92 Å². The number of allylic oxidation sites excluding steroid dienone is 1. The first-order valence-corrected chi connectivity index (χ1v) is 8.63. The lowest BCUT2D eigenvalue weighted by Crippen LogP contribution is -2.33. The quantitative estimate of drug-likeness (QED) is 0.239. The Morgan fingerprint density at radius 1 is 1.19 bits per heavy atom. The van der Waals surface area contributed by atoms with Gasteiger partial charge in [-0.3, -0.25) is 9.79 Å². The van der Waals surface area contributed by atoms with E-state index in [9.17, 15) is 4.79 Å². The van der Waals surface area contributed by atoms with Crippen LogP contribution in [0.1, 0.15) is 26.3 Å². The van der Waals surface area contributed by atoms with Crippen LogP contribution in [-0.4, -0.2) is 51.6 Å². The van der Waals surface area contributed by atoms with Gasteiger partial charge in [0.15, 0.2) is 23.5 Å². The number of carbonyl (C=O) groups is 1. The number of ether oxygens (including phenoxy) is 3. The van der Waals surface area contributed by atoms with Crippen LogP contribution in [0.3, 0.4) is 0 Å². The van der Waals surface area contributed by atoms with Crippen molar-refractivity contribution < 1.29 is 19.0 Å². The number of aliphatic imine (C=N–C) groups is 1. The number of carbonyl (C=O) groups excluding carboxylic acids is 1. The number of rotatable bonds is 9. The Morgan fingerprint density at radius 3 is 2.31 bits per heavy atom. The maximum absolute atomic E-state index is 11.2. The van der Waals surface area contributed by atoms with E-state index < -0.39 is 0 Å². The van der Waals surface area contributed by atoms with Gasteiger partial charge in [0, 0.05) is 25.3 Å². The third-order valence-corrected chi connectivity index (χ3v) is 3.77. The molecule has 0 fully saturated rings. The minimum absolute atomic E-state index is 0.250. The SMILES string of the molecule is CCO/C(C=O)=C/N(CC)C(=NC)Nc1cc(OC)c(OC)cc1CC. The fourth-order valence-corrected chi connectivity index (χ4v) is 2.43. The second-order valence-corrected chi connectivity index (χ2v) is 5.26. The van der Waals surface area contributed by atoms with Gasteiger partial charge in [-0.25, -0.2) is 0 Å². The van der Waals surface area contributed by atoms with E-state index in [1.807, 2.05) is 30.9 Å². The standard InChI is InChI=1S/C19H29N3O4/c1-7-14-10-17(24-5)18(25-6)11-16(14)21-19(20-4)22(8-2)12-15(13-23)26-9-3/h10-13H,7-9H2,1-6H3,(H,20,21)/b15-12+. The smallest absolute Gasteiger partial charge is 0.202 e. The number of anilines is 1. The number of hydrogen-bond donors (Lipinski definition) is 1. The summed E-state index contributed by atoms with van der Waals surface area (Å²) < 4.78 is 16.1. The van der Waals surface area contributed by atoms with Crippen molar-refractivity contribution in [1.82, 2.24) is 4.90 Å². The number of aldehydes is 1. The van der Waals surface area contributed by atoms with Gasteiger partial charge in [-0.2, -0.15) is 0 Å². The average Bonchev–Trinajstić information content (AvgIpc) is 2.68. The molecule has 7 nitrogen and oxygen atoms in total. The molecule has 1 aromatic carbocycles. The van der Waals surface area contributed by atoms with Crippen LogP contribution >= 0.6 is 0 Å². The van der Waals surface area contributed by atoms with Crippen molar-refractivity contribution in [3.63, 3.8) is 0 Å². The summed E-state index contributed by atoms with van der Waals surface area (Å²) >= 11 is 0.